The van der Waals surface area contributed by atoms with Gasteiger partial charge in [-0.3, -0.25) is 9.59 Å². The lowest BCUT2D eigenvalue weighted by Crippen LogP contribution is -2.48. The third-order valence-electron chi connectivity index (χ3n) is 2.84. The van der Waals surface area contributed by atoms with Crippen LogP contribution in [0.1, 0.15) is 47.0 Å². The molecule has 106 valence electrons. The van der Waals surface area contributed by atoms with Crippen molar-refractivity contribution in [2.24, 2.45) is 11.7 Å². The van der Waals surface area contributed by atoms with Gasteiger partial charge in [0, 0.05) is 6.04 Å². The largest absolute Gasteiger partial charge is 0.352 e. The van der Waals surface area contributed by atoms with Crippen molar-refractivity contribution in [1.82, 2.24) is 10.6 Å². The van der Waals surface area contributed by atoms with Gasteiger partial charge >= 0.3 is 0 Å². The number of hydrogen-bond acceptors (Lipinski definition) is 3. The quantitative estimate of drug-likeness (QED) is 0.601. The maximum atomic E-state index is 11.5. The van der Waals surface area contributed by atoms with Gasteiger partial charge in [-0.15, -0.1) is 0 Å². The van der Waals surface area contributed by atoms with Crippen LogP contribution in [-0.2, 0) is 9.59 Å². The zero-order chi connectivity index (χ0) is 14.1. The fourth-order valence-electron chi connectivity index (χ4n) is 1.50. The molecule has 0 aliphatic rings. The predicted octanol–water partition coefficient (Wildman–Crippen LogP) is 0.781. The molecule has 0 saturated carbocycles. The van der Waals surface area contributed by atoms with Gasteiger partial charge in [0.15, 0.2) is 0 Å². The van der Waals surface area contributed by atoms with Crippen LogP contribution in [0.25, 0.3) is 0 Å². The first-order chi connectivity index (χ1) is 8.38. The lowest BCUT2D eigenvalue weighted by Gasteiger charge is -2.16. The second-order valence-corrected chi connectivity index (χ2v) is 5.10. The summed E-state index contributed by atoms with van der Waals surface area (Å²) in [5, 5.41) is 5.39. The summed E-state index contributed by atoms with van der Waals surface area (Å²) in [4.78, 5) is 23.1. The van der Waals surface area contributed by atoms with Gasteiger partial charge in [-0.05, 0) is 19.3 Å². The Morgan fingerprint density at radius 2 is 1.83 bits per heavy atom. The van der Waals surface area contributed by atoms with Crippen LogP contribution in [0.4, 0.5) is 0 Å². The Bertz CT molecular complexity index is 267. The summed E-state index contributed by atoms with van der Waals surface area (Å²) >= 11 is 0. The molecule has 0 fully saturated rings. The molecule has 0 aromatic carbocycles. The molecule has 4 N–H and O–H groups in total. The van der Waals surface area contributed by atoms with Gasteiger partial charge in [-0.25, -0.2) is 0 Å². The van der Waals surface area contributed by atoms with Crippen LogP contribution >= 0.6 is 0 Å². The van der Waals surface area contributed by atoms with E-state index in [9.17, 15) is 9.59 Å². The van der Waals surface area contributed by atoms with E-state index in [1.807, 2.05) is 20.8 Å². The molecule has 0 rings (SSSR count). The number of nitrogens with one attached hydrogen (secondary N) is 2. The van der Waals surface area contributed by atoms with Gasteiger partial charge in [0.25, 0.3) is 0 Å². The molecular weight excluding hydrogens is 230 g/mol. The van der Waals surface area contributed by atoms with Gasteiger partial charge in [0.1, 0.15) is 0 Å². The van der Waals surface area contributed by atoms with Crippen LogP contribution < -0.4 is 16.4 Å². The minimum Gasteiger partial charge on any atom is -0.352 e. The Balaban J connectivity index is 3.86. The maximum Gasteiger partial charge on any atom is 0.239 e. The number of hydrogen-bond donors (Lipinski definition) is 3. The maximum absolute atomic E-state index is 11.5. The summed E-state index contributed by atoms with van der Waals surface area (Å²) in [5.41, 5.74) is 5.67. The molecule has 18 heavy (non-hydrogen) atoms. The summed E-state index contributed by atoms with van der Waals surface area (Å²) < 4.78 is 0. The normalized spacial score (nSPS) is 14.1. The summed E-state index contributed by atoms with van der Waals surface area (Å²) in [6.45, 7) is 7.82. The first kappa shape index (κ1) is 16.9. The van der Waals surface area contributed by atoms with E-state index in [-0.39, 0.29) is 30.3 Å². The van der Waals surface area contributed by atoms with Crippen LogP contribution in [0.5, 0.6) is 0 Å². The standard InChI is InChI=1S/C13H27N3O2/c1-5-6-7-10(4)16-11(17)8-15-13(18)12(14)9(2)3/h9-10,12H,5-8,14H2,1-4H3,(H,15,18)(H,16,17)/t10?,12-/m0/s1. The van der Waals surface area contributed by atoms with Crippen molar-refractivity contribution >= 4 is 11.8 Å². The van der Waals surface area contributed by atoms with E-state index in [1.54, 1.807) is 0 Å². The molecule has 0 heterocycles. The van der Waals surface area contributed by atoms with Gasteiger partial charge in [0.2, 0.25) is 11.8 Å². The SMILES string of the molecule is CCCCC(C)NC(=O)CNC(=O)[C@@H](N)C(C)C. The molecule has 0 saturated heterocycles. The minimum absolute atomic E-state index is 0.00425. The fraction of sp³-hybridized carbons (Fsp3) is 0.846. The van der Waals surface area contributed by atoms with Crippen molar-refractivity contribution < 1.29 is 9.59 Å². The van der Waals surface area contributed by atoms with Crippen molar-refractivity contribution in [2.75, 3.05) is 6.54 Å². The molecule has 0 bridgehead atoms. The Hall–Kier alpha value is -1.10. The molecule has 0 aromatic heterocycles. The van der Waals surface area contributed by atoms with Gasteiger partial charge < -0.3 is 16.4 Å². The molecule has 0 spiro atoms. The van der Waals surface area contributed by atoms with Crippen molar-refractivity contribution in [2.45, 2.75) is 59.0 Å². The number of nitrogens with two attached hydrogens (primary N) is 1. The van der Waals surface area contributed by atoms with Crippen LogP contribution in [0.3, 0.4) is 0 Å². The summed E-state index contributed by atoms with van der Waals surface area (Å²) in [6.07, 6.45) is 3.16. The van der Waals surface area contributed by atoms with Crippen molar-refractivity contribution in [3.63, 3.8) is 0 Å². The number of carbonyl (C=O) groups excluding carboxylic acids is 2. The molecule has 0 aliphatic carbocycles. The molecule has 0 aliphatic heterocycles. The zero-order valence-electron chi connectivity index (χ0n) is 12.0. The first-order valence-corrected chi connectivity index (χ1v) is 6.71. The zero-order valence-corrected chi connectivity index (χ0v) is 12.0. The number of amides is 2. The minimum atomic E-state index is -0.560. The van der Waals surface area contributed by atoms with Crippen LogP contribution in [0.15, 0.2) is 0 Å². The lowest BCUT2D eigenvalue weighted by atomic mass is 10.1. The molecule has 2 amide bonds. The van der Waals surface area contributed by atoms with E-state index in [0.717, 1.165) is 19.3 Å². The van der Waals surface area contributed by atoms with Gasteiger partial charge in [-0.1, -0.05) is 33.6 Å². The van der Waals surface area contributed by atoms with E-state index < -0.39 is 6.04 Å². The molecule has 2 atom stereocenters. The highest BCUT2D eigenvalue weighted by Gasteiger charge is 2.17. The smallest absolute Gasteiger partial charge is 0.239 e. The third kappa shape index (κ3) is 7.27. The topological polar surface area (TPSA) is 84.2 Å². The van der Waals surface area contributed by atoms with E-state index >= 15 is 0 Å². The number of carbonyl (C=O) groups is 2. The lowest BCUT2D eigenvalue weighted by molar-refractivity contribution is -0.127. The van der Waals surface area contributed by atoms with Crippen LogP contribution in [-0.4, -0.2) is 30.4 Å². The van der Waals surface area contributed by atoms with Crippen LogP contribution in [0, 0.1) is 5.92 Å². The molecule has 5 heteroatoms. The second kappa shape index (κ2) is 8.91. The Labute approximate surface area is 110 Å². The second-order valence-electron chi connectivity index (χ2n) is 5.10. The predicted molar refractivity (Wildman–Crippen MR) is 73.0 cm³/mol. The molecule has 5 nitrogen and oxygen atoms in total. The van der Waals surface area contributed by atoms with E-state index in [1.165, 1.54) is 0 Å². The molecular formula is C13H27N3O2. The van der Waals surface area contributed by atoms with E-state index in [0.29, 0.717) is 0 Å². The average Bonchev–Trinajstić information content (AvgIpc) is 2.32. The van der Waals surface area contributed by atoms with Crippen molar-refractivity contribution in [1.29, 1.82) is 0 Å². The Morgan fingerprint density at radius 1 is 1.22 bits per heavy atom. The monoisotopic (exact) mass is 257 g/mol. The third-order valence-corrected chi connectivity index (χ3v) is 2.84. The summed E-state index contributed by atoms with van der Waals surface area (Å²) in [6, 6.07) is -0.413. The highest BCUT2D eigenvalue weighted by molar-refractivity contribution is 5.87. The summed E-state index contributed by atoms with van der Waals surface area (Å²) in [5.74, 6) is -0.374. The summed E-state index contributed by atoms with van der Waals surface area (Å²) in [7, 11) is 0. The van der Waals surface area contributed by atoms with E-state index in [2.05, 4.69) is 17.6 Å². The van der Waals surface area contributed by atoms with Crippen molar-refractivity contribution in [3.05, 3.63) is 0 Å². The van der Waals surface area contributed by atoms with Gasteiger partial charge in [-0.2, -0.15) is 0 Å². The Morgan fingerprint density at radius 3 is 2.33 bits per heavy atom. The van der Waals surface area contributed by atoms with Gasteiger partial charge in [0.05, 0.1) is 12.6 Å². The fourth-order valence-corrected chi connectivity index (χ4v) is 1.50. The first-order valence-electron chi connectivity index (χ1n) is 6.71. The average molecular weight is 257 g/mol. The molecule has 0 aromatic rings. The number of rotatable bonds is 8. The number of unbranched alkanes of at least 4 members (excludes halogenated alkanes) is 1. The highest BCUT2D eigenvalue weighted by atomic mass is 16.2. The molecule has 1 unspecified atom stereocenters. The van der Waals surface area contributed by atoms with Crippen LogP contribution in [0.2, 0.25) is 0 Å². The van der Waals surface area contributed by atoms with E-state index in [4.69, 9.17) is 5.73 Å². The van der Waals surface area contributed by atoms with Crippen molar-refractivity contribution in [3.8, 4) is 0 Å². The Kier molecular flexibility index (Phi) is 8.37. The molecule has 0 radical (unpaired) electrons. The highest BCUT2D eigenvalue weighted by Crippen LogP contribution is 1.99.